The van der Waals surface area contributed by atoms with Crippen molar-refractivity contribution in [2.24, 2.45) is 5.73 Å². The van der Waals surface area contributed by atoms with Crippen LogP contribution in [-0.2, 0) is 0 Å². The normalized spacial score (nSPS) is 41.6. The molecule has 17 heavy (non-hydrogen) atoms. The van der Waals surface area contributed by atoms with Crippen molar-refractivity contribution in [1.29, 1.82) is 0 Å². The molecule has 0 aliphatic carbocycles. The van der Waals surface area contributed by atoms with Crippen molar-refractivity contribution in [3.8, 4) is 0 Å². The van der Waals surface area contributed by atoms with Crippen LogP contribution < -0.4 is 5.73 Å². The van der Waals surface area contributed by atoms with Crippen LogP contribution >= 0.6 is 11.8 Å². The Kier molecular flexibility index (Phi) is 4.40. The molecule has 0 radical (unpaired) electrons. The molecule has 2 N–H and O–H groups in total. The SMILES string of the molecule is CC1CN(C2(CN)CCCSC2)CC(C)N1C. The summed E-state index contributed by atoms with van der Waals surface area (Å²) in [6, 6.07) is 1.29. The third-order valence-electron chi connectivity index (χ3n) is 4.71. The van der Waals surface area contributed by atoms with Crippen molar-refractivity contribution in [3.63, 3.8) is 0 Å². The number of thioether (sulfide) groups is 1. The predicted molar refractivity (Wildman–Crippen MR) is 76.6 cm³/mol. The topological polar surface area (TPSA) is 32.5 Å². The van der Waals surface area contributed by atoms with Crippen LogP contribution in [0.15, 0.2) is 0 Å². The minimum Gasteiger partial charge on any atom is -0.329 e. The van der Waals surface area contributed by atoms with Crippen LogP contribution in [-0.4, -0.2) is 65.6 Å². The molecule has 2 heterocycles. The average Bonchev–Trinajstić information content (AvgIpc) is 2.36. The van der Waals surface area contributed by atoms with Crippen LogP contribution in [0.3, 0.4) is 0 Å². The molecule has 0 aromatic heterocycles. The smallest absolute Gasteiger partial charge is 0.0423 e. The Morgan fingerprint density at radius 3 is 2.41 bits per heavy atom. The van der Waals surface area contributed by atoms with E-state index in [1.807, 2.05) is 0 Å². The zero-order valence-electron chi connectivity index (χ0n) is 11.5. The molecule has 2 aliphatic heterocycles. The van der Waals surface area contributed by atoms with Gasteiger partial charge in [0.15, 0.2) is 0 Å². The summed E-state index contributed by atoms with van der Waals surface area (Å²) in [4.78, 5) is 5.19. The molecule has 0 bridgehead atoms. The maximum absolute atomic E-state index is 6.13. The third-order valence-corrected chi connectivity index (χ3v) is 6.03. The highest BCUT2D eigenvalue weighted by molar-refractivity contribution is 7.99. The first-order valence-electron chi connectivity index (χ1n) is 6.84. The van der Waals surface area contributed by atoms with E-state index < -0.39 is 0 Å². The Morgan fingerprint density at radius 2 is 1.94 bits per heavy atom. The van der Waals surface area contributed by atoms with Gasteiger partial charge in [-0.15, -0.1) is 0 Å². The number of likely N-dealkylation sites (N-methyl/N-ethyl adjacent to an activating group) is 1. The molecular formula is C13H27N3S. The third kappa shape index (κ3) is 2.65. The minimum atomic E-state index is 0.284. The summed E-state index contributed by atoms with van der Waals surface area (Å²) in [5, 5.41) is 0. The number of piperazine rings is 1. The summed E-state index contributed by atoms with van der Waals surface area (Å²) in [5.74, 6) is 2.55. The quantitative estimate of drug-likeness (QED) is 0.807. The molecule has 0 spiro atoms. The van der Waals surface area contributed by atoms with Gasteiger partial charge in [0, 0.05) is 43.0 Å². The van der Waals surface area contributed by atoms with Crippen LogP contribution in [0.5, 0.6) is 0 Å². The summed E-state index contributed by atoms with van der Waals surface area (Å²) in [6.45, 7) is 7.85. The van der Waals surface area contributed by atoms with Gasteiger partial charge in [-0.1, -0.05) is 0 Å². The largest absolute Gasteiger partial charge is 0.329 e. The van der Waals surface area contributed by atoms with Crippen LogP contribution in [0.2, 0.25) is 0 Å². The van der Waals surface area contributed by atoms with E-state index in [4.69, 9.17) is 5.73 Å². The molecule has 0 aromatic carbocycles. The van der Waals surface area contributed by atoms with E-state index >= 15 is 0 Å². The highest BCUT2D eigenvalue weighted by Crippen LogP contribution is 2.33. The van der Waals surface area contributed by atoms with Gasteiger partial charge >= 0.3 is 0 Å². The molecule has 100 valence electrons. The fourth-order valence-electron chi connectivity index (χ4n) is 3.17. The van der Waals surface area contributed by atoms with E-state index in [9.17, 15) is 0 Å². The lowest BCUT2D eigenvalue weighted by Gasteiger charge is -2.52. The van der Waals surface area contributed by atoms with Gasteiger partial charge < -0.3 is 5.73 Å². The molecule has 3 unspecified atom stereocenters. The molecule has 0 saturated carbocycles. The molecule has 2 rings (SSSR count). The fourth-order valence-corrected chi connectivity index (χ4v) is 4.49. The lowest BCUT2D eigenvalue weighted by Crippen LogP contribution is -2.66. The molecule has 0 amide bonds. The van der Waals surface area contributed by atoms with E-state index in [-0.39, 0.29) is 5.54 Å². The highest BCUT2D eigenvalue weighted by atomic mass is 32.2. The second-order valence-corrected chi connectivity index (χ2v) is 6.96. The van der Waals surface area contributed by atoms with Gasteiger partial charge in [-0.2, -0.15) is 11.8 Å². The van der Waals surface area contributed by atoms with Crippen molar-refractivity contribution < 1.29 is 0 Å². The van der Waals surface area contributed by atoms with Crippen LogP contribution in [0.4, 0.5) is 0 Å². The first-order chi connectivity index (χ1) is 8.09. The van der Waals surface area contributed by atoms with Crippen molar-refractivity contribution in [1.82, 2.24) is 9.80 Å². The van der Waals surface area contributed by atoms with Gasteiger partial charge in [0.25, 0.3) is 0 Å². The molecule has 0 aromatic rings. The summed E-state index contributed by atoms with van der Waals surface area (Å²) >= 11 is 2.09. The number of hydrogen-bond acceptors (Lipinski definition) is 4. The Balaban J connectivity index is 2.09. The Labute approximate surface area is 110 Å². The number of hydrogen-bond donors (Lipinski definition) is 1. The van der Waals surface area contributed by atoms with Crippen molar-refractivity contribution in [2.45, 2.75) is 44.3 Å². The van der Waals surface area contributed by atoms with Crippen molar-refractivity contribution >= 4 is 11.8 Å². The van der Waals surface area contributed by atoms with Crippen molar-refractivity contribution in [2.75, 3.05) is 38.2 Å². The Morgan fingerprint density at radius 1 is 1.29 bits per heavy atom. The standard InChI is InChI=1S/C13H27N3S/c1-11-7-16(8-12(2)15(11)3)13(9-14)5-4-6-17-10-13/h11-12H,4-10,14H2,1-3H3. The number of nitrogens with two attached hydrogens (primary N) is 1. The molecule has 2 fully saturated rings. The highest BCUT2D eigenvalue weighted by Gasteiger charge is 2.41. The van der Waals surface area contributed by atoms with E-state index in [1.165, 1.54) is 37.4 Å². The monoisotopic (exact) mass is 257 g/mol. The van der Waals surface area contributed by atoms with E-state index in [0.29, 0.717) is 12.1 Å². The first-order valence-corrected chi connectivity index (χ1v) is 7.99. The van der Waals surface area contributed by atoms with Gasteiger partial charge in [-0.05, 0) is 39.5 Å². The van der Waals surface area contributed by atoms with E-state index in [2.05, 4.69) is 42.5 Å². The number of nitrogens with zero attached hydrogens (tertiary/aromatic N) is 2. The second kappa shape index (κ2) is 5.47. The second-order valence-electron chi connectivity index (χ2n) is 5.85. The maximum atomic E-state index is 6.13. The summed E-state index contributed by atoms with van der Waals surface area (Å²) in [7, 11) is 2.25. The maximum Gasteiger partial charge on any atom is 0.0423 e. The van der Waals surface area contributed by atoms with Crippen molar-refractivity contribution in [3.05, 3.63) is 0 Å². The molecule has 3 atom stereocenters. The molecule has 2 saturated heterocycles. The molecule has 3 nitrogen and oxygen atoms in total. The Hall–Kier alpha value is 0.230. The van der Waals surface area contributed by atoms with E-state index in [0.717, 1.165) is 6.54 Å². The van der Waals surface area contributed by atoms with Gasteiger partial charge in [-0.25, -0.2) is 0 Å². The predicted octanol–water partition coefficient (Wildman–Crippen LogP) is 1.24. The minimum absolute atomic E-state index is 0.284. The average molecular weight is 257 g/mol. The lowest BCUT2D eigenvalue weighted by atomic mass is 9.90. The molecular weight excluding hydrogens is 230 g/mol. The zero-order valence-corrected chi connectivity index (χ0v) is 12.3. The summed E-state index contributed by atoms with van der Waals surface area (Å²) < 4.78 is 0. The first kappa shape index (κ1) is 13.7. The van der Waals surface area contributed by atoms with Crippen LogP contribution in [0.25, 0.3) is 0 Å². The molecule has 2 aliphatic rings. The summed E-state index contributed by atoms with van der Waals surface area (Å²) in [6.07, 6.45) is 2.62. The Bertz CT molecular complexity index is 241. The fraction of sp³-hybridized carbons (Fsp3) is 1.00. The van der Waals surface area contributed by atoms with Crippen LogP contribution in [0.1, 0.15) is 26.7 Å². The van der Waals surface area contributed by atoms with Crippen LogP contribution in [0, 0.1) is 0 Å². The summed E-state index contributed by atoms with van der Waals surface area (Å²) in [5.41, 5.74) is 6.41. The zero-order chi connectivity index (χ0) is 12.5. The van der Waals surface area contributed by atoms with Gasteiger partial charge in [0.05, 0.1) is 0 Å². The van der Waals surface area contributed by atoms with Gasteiger partial charge in [0.1, 0.15) is 0 Å². The lowest BCUT2D eigenvalue weighted by molar-refractivity contribution is -0.00487. The van der Waals surface area contributed by atoms with Gasteiger partial charge in [0.2, 0.25) is 0 Å². The number of rotatable bonds is 2. The molecule has 4 heteroatoms. The van der Waals surface area contributed by atoms with E-state index in [1.54, 1.807) is 0 Å². The van der Waals surface area contributed by atoms with Gasteiger partial charge in [-0.3, -0.25) is 9.80 Å².